The Hall–Kier alpha value is -0.260. The molecule has 0 N–H and O–H groups in total. The molecule has 0 nitrogen and oxygen atoms in total. The summed E-state index contributed by atoms with van der Waals surface area (Å²) >= 11 is 0. The van der Waals surface area contributed by atoms with Crippen molar-refractivity contribution in [3.05, 3.63) is 11.6 Å². The average Bonchev–Trinajstić information content (AvgIpc) is 2.46. The highest BCUT2D eigenvalue weighted by Crippen LogP contribution is 3.12. The summed E-state index contributed by atoms with van der Waals surface area (Å²) in [5.74, 6) is 4.36. The maximum absolute atomic E-state index is 2.61. The molecule has 14 heavy (non-hydrogen) atoms. The fourth-order valence-corrected chi connectivity index (χ4v) is 7.80. The third kappa shape index (κ3) is 0.278. The van der Waals surface area contributed by atoms with Gasteiger partial charge in [0.25, 0.3) is 0 Å². The van der Waals surface area contributed by atoms with E-state index < -0.39 is 0 Å². The van der Waals surface area contributed by atoms with Crippen molar-refractivity contribution < 1.29 is 0 Å². The predicted octanol–water partition coefficient (Wildman–Crippen LogP) is 3.24. The summed E-state index contributed by atoms with van der Waals surface area (Å²) in [6.07, 6.45) is 5.60. The smallest absolute Gasteiger partial charge is 0.00245 e. The molecule has 0 aromatic heterocycles. The van der Waals surface area contributed by atoms with Crippen LogP contribution in [0.25, 0.3) is 0 Å². The van der Waals surface area contributed by atoms with E-state index in [1.165, 1.54) is 0 Å². The van der Waals surface area contributed by atoms with Gasteiger partial charge in [0, 0.05) is 5.41 Å². The zero-order chi connectivity index (χ0) is 9.51. The van der Waals surface area contributed by atoms with E-state index in [2.05, 4.69) is 26.8 Å². The summed E-state index contributed by atoms with van der Waals surface area (Å²) in [5.41, 5.74) is 4.41. The van der Waals surface area contributed by atoms with Crippen LogP contribution in [0.1, 0.15) is 33.6 Å². The number of hydrogen-bond acceptors (Lipinski definition) is 0. The second-order valence-corrected chi connectivity index (χ2v) is 6.95. The van der Waals surface area contributed by atoms with Crippen LogP contribution in [0, 0.1) is 39.9 Å². The lowest BCUT2D eigenvalue weighted by molar-refractivity contribution is -0.360. The molecule has 5 rings (SSSR count). The molecule has 0 radical (unpaired) electrons. The van der Waals surface area contributed by atoms with Crippen LogP contribution < -0.4 is 0 Å². The van der Waals surface area contributed by atoms with Gasteiger partial charge in [-0.1, -0.05) is 25.5 Å². The van der Waals surface area contributed by atoms with Crippen LogP contribution in [0.4, 0.5) is 0 Å². The first-order valence-corrected chi connectivity index (χ1v) is 6.33. The van der Waals surface area contributed by atoms with Gasteiger partial charge in [0.1, 0.15) is 0 Å². The van der Waals surface area contributed by atoms with Crippen molar-refractivity contribution in [1.29, 1.82) is 0 Å². The molecule has 5 fully saturated rings. The molecule has 5 saturated carbocycles. The molecular formula is C14H18. The molecule has 0 heteroatoms. The molecule has 0 aliphatic heterocycles. The summed E-state index contributed by atoms with van der Waals surface area (Å²) in [7, 11) is 0. The van der Waals surface area contributed by atoms with E-state index in [-0.39, 0.29) is 0 Å². The minimum absolute atomic E-state index is 0.795. The van der Waals surface area contributed by atoms with E-state index in [4.69, 9.17) is 0 Å². The van der Waals surface area contributed by atoms with E-state index in [1.54, 1.807) is 12.8 Å². The highest BCUT2D eigenvalue weighted by atomic mass is 15.1. The molecule has 0 amide bonds. The fraction of sp³-hybridized carbons (Fsp3) is 0.857. The maximum atomic E-state index is 2.61. The van der Waals surface area contributed by atoms with Gasteiger partial charge < -0.3 is 0 Å². The minimum atomic E-state index is 0.795. The van der Waals surface area contributed by atoms with E-state index >= 15 is 0 Å². The van der Waals surface area contributed by atoms with Gasteiger partial charge in [0.15, 0.2) is 0 Å². The van der Waals surface area contributed by atoms with Crippen LogP contribution in [-0.4, -0.2) is 0 Å². The van der Waals surface area contributed by atoms with Crippen molar-refractivity contribution in [2.45, 2.75) is 33.6 Å². The van der Waals surface area contributed by atoms with Crippen molar-refractivity contribution >= 4 is 0 Å². The zero-order valence-electron chi connectivity index (χ0n) is 9.30. The molecule has 74 valence electrons. The van der Waals surface area contributed by atoms with Crippen LogP contribution >= 0.6 is 0 Å². The predicted molar refractivity (Wildman–Crippen MR) is 55.6 cm³/mol. The average molecular weight is 186 g/mol. The second-order valence-electron chi connectivity index (χ2n) is 6.95. The third-order valence-corrected chi connectivity index (χ3v) is 7.29. The van der Waals surface area contributed by atoms with Crippen molar-refractivity contribution in [3.63, 3.8) is 0 Å². The number of rotatable bonds is 0. The Kier molecular flexibility index (Phi) is 0.696. The van der Waals surface area contributed by atoms with Gasteiger partial charge in [-0.15, -0.1) is 0 Å². The largest absolute Gasteiger partial charge is 0.0875 e. The first kappa shape index (κ1) is 7.09. The van der Waals surface area contributed by atoms with Crippen molar-refractivity contribution in [2.75, 3.05) is 0 Å². The lowest BCUT2D eigenvalue weighted by Crippen LogP contribution is -2.82. The summed E-state index contributed by atoms with van der Waals surface area (Å²) < 4.78 is 0. The molecule has 0 saturated heterocycles. The van der Waals surface area contributed by atoms with E-state index in [1.807, 2.05) is 5.57 Å². The van der Waals surface area contributed by atoms with E-state index in [9.17, 15) is 0 Å². The maximum Gasteiger partial charge on any atom is 0.00245 e. The fourth-order valence-electron chi connectivity index (χ4n) is 7.80. The SMILES string of the molecule is CC=C1C2C3CC14C1C(C)CC1(C)C324. The van der Waals surface area contributed by atoms with Crippen LogP contribution in [0.15, 0.2) is 11.6 Å². The van der Waals surface area contributed by atoms with Crippen LogP contribution in [-0.2, 0) is 0 Å². The van der Waals surface area contributed by atoms with Gasteiger partial charge in [0.2, 0.25) is 0 Å². The standard InChI is InChI=1S/C14H18/c1-4-8-10-9-6-13(8)11-7(2)5-12(11,3)14(9,10)13/h4,7,9-11H,5-6H2,1-3H3. The highest BCUT2D eigenvalue weighted by Gasteiger charge is 3.07. The van der Waals surface area contributed by atoms with Gasteiger partial charge in [-0.25, -0.2) is 0 Å². The van der Waals surface area contributed by atoms with Crippen LogP contribution in [0.5, 0.6) is 0 Å². The Morgan fingerprint density at radius 3 is 2.79 bits per heavy atom. The molecule has 5 aliphatic carbocycles. The Balaban J connectivity index is 1.74. The molecule has 0 aromatic carbocycles. The number of allylic oxidation sites excluding steroid dienone is 2. The Bertz CT molecular complexity index is 420. The molecule has 7 atom stereocenters. The second kappa shape index (κ2) is 1.37. The zero-order valence-corrected chi connectivity index (χ0v) is 9.30. The lowest BCUT2D eigenvalue weighted by Gasteiger charge is -2.86. The Morgan fingerprint density at radius 2 is 2.14 bits per heavy atom. The van der Waals surface area contributed by atoms with Gasteiger partial charge in [-0.3, -0.25) is 0 Å². The van der Waals surface area contributed by atoms with Gasteiger partial charge in [0.05, 0.1) is 0 Å². The highest BCUT2D eigenvalue weighted by molar-refractivity contribution is 5.66. The van der Waals surface area contributed by atoms with Crippen molar-refractivity contribution in [3.8, 4) is 0 Å². The summed E-state index contributed by atoms with van der Waals surface area (Å²) in [4.78, 5) is 0. The minimum Gasteiger partial charge on any atom is -0.0875 e. The normalized spacial score (nSPS) is 82.4. The van der Waals surface area contributed by atoms with Crippen molar-refractivity contribution in [2.24, 2.45) is 39.9 Å². The molecule has 1 spiro atoms. The lowest BCUT2D eigenvalue weighted by atomic mass is 9.17. The summed E-state index contributed by atoms with van der Waals surface area (Å²) in [5, 5.41) is 0. The van der Waals surface area contributed by atoms with E-state index in [0.29, 0.717) is 0 Å². The van der Waals surface area contributed by atoms with Crippen LogP contribution in [0.2, 0.25) is 0 Å². The monoisotopic (exact) mass is 186 g/mol. The number of hydrogen-bond donors (Lipinski definition) is 0. The first-order chi connectivity index (χ1) is 6.66. The molecular weight excluding hydrogens is 168 g/mol. The topological polar surface area (TPSA) is 0 Å². The van der Waals surface area contributed by atoms with E-state index in [0.717, 1.165) is 39.9 Å². The quantitative estimate of drug-likeness (QED) is 0.509. The molecule has 0 aromatic rings. The van der Waals surface area contributed by atoms with Gasteiger partial charge in [-0.05, 0) is 54.3 Å². The molecule has 0 heterocycles. The van der Waals surface area contributed by atoms with Crippen molar-refractivity contribution in [1.82, 2.24) is 0 Å². The Labute approximate surface area is 85.8 Å². The molecule has 7 unspecified atom stereocenters. The Morgan fingerprint density at radius 1 is 1.36 bits per heavy atom. The van der Waals surface area contributed by atoms with Gasteiger partial charge >= 0.3 is 0 Å². The molecule has 5 aliphatic rings. The van der Waals surface area contributed by atoms with Gasteiger partial charge in [-0.2, -0.15) is 0 Å². The summed E-state index contributed by atoms with van der Waals surface area (Å²) in [6.45, 7) is 7.37. The molecule has 0 bridgehead atoms. The van der Waals surface area contributed by atoms with Crippen LogP contribution in [0.3, 0.4) is 0 Å². The third-order valence-electron chi connectivity index (χ3n) is 7.29. The summed E-state index contributed by atoms with van der Waals surface area (Å²) in [6, 6.07) is 0. The number of fused-ring (bicyclic) bond motifs is 2. The first-order valence-electron chi connectivity index (χ1n) is 6.33.